The fourth-order valence-corrected chi connectivity index (χ4v) is 1.57. The molecule has 0 aliphatic carbocycles. The smallest absolute Gasteiger partial charge is 0.204 e. The zero-order valence-electron chi connectivity index (χ0n) is 8.41. The molecule has 1 rings (SSSR count). The first-order valence-electron chi connectivity index (χ1n) is 4.21. The number of carbonyl (C=O) groups excluding carboxylic acids is 1. The van der Waals surface area contributed by atoms with Gasteiger partial charge in [-0.05, 0) is 6.07 Å². The van der Waals surface area contributed by atoms with Crippen LogP contribution in [-0.2, 0) is 11.2 Å². The van der Waals surface area contributed by atoms with Crippen LogP contribution >= 0.6 is 11.6 Å². The van der Waals surface area contributed by atoms with Crippen molar-refractivity contribution in [1.82, 2.24) is 0 Å². The molecule has 0 radical (unpaired) electrons. The van der Waals surface area contributed by atoms with E-state index in [1.165, 1.54) is 20.3 Å². The molecular weight excluding hydrogens is 220 g/mol. The number of phenolic OH excluding ortho intramolecular Hbond substituents is 1. The van der Waals surface area contributed by atoms with E-state index >= 15 is 0 Å². The Labute approximate surface area is 92.4 Å². The Morgan fingerprint density at radius 3 is 2.47 bits per heavy atom. The van der Waals surface area contributed by atoms with Gasteiger partial charge >= 0.3 is 0 Å². The lowest BCUT2D eigenvalue weighted by Crippen LogP contribution is -1.96. The molecule has 15 heavy (non-hydrogen) atoms. The molecule has 0 aliphatic heterocycles. The van der Waals surface area contributed by atoms with E-state index in [0.29, 0.717) is 16.9 Å². The molecule has 0 amide bonds. The van der Waals surface area contributed by atoms with E-state index < -0.39 is 0 Å². The van der Waals surface area contributed by atoms with Gasteiger partial charge in [0, 0.05) is 12.0 Å². The van der Waals surface area contributed by atoms with E-state index in [9.17, 15) is 9.90 Å². The summed E-state index contributed by atoms with van der Waals surface area (Å²) in [7, 11) is 2.81. The molecule has 0 atom stereocenters. The maximum absolute atomic E-state index is 10.4. The van der Waals surface area contributed by atoms with Crippen molar-refractivity contribution in [2.24, 2.45) is 0 Å². The first kappa shape index (κ1) is 11.7. The number of carbonyl (C=O) groups is 1. The lowest BCUT2D eigenvalue weighted by Gasteiger charge is -2.13. The summed E-state index contributed by atoms with van der Waals surface area (Å²) in [5, 5.41) is 10.0. The molecule has 0 aromatic heterocycles. The van der Waals surface area contributed by atoms with Crippen molar-refractivity contribution in [1.29, 1.82) is 0 Å². The van der Waals surface area contributed by atoms with Gasteiger partial charge < -0.3 is 19.4 Å². The third kappa shape index (κ3) is 2.15. The molecule has 4 nitrogen and oxygen atoms in total. The van der Waals surface area contributed by atoms with Crippen LogP contribution in [0.15, 0.2) is 6.07 Å². The Kier molecular flexibility index (Phi) is 3.80. The minimum absolute atomic E-state index is 0.0753. The summed E-state index contributed by atoms with van der Waals surface area (Å²) in [4.78, 5) is 10.4. The molecule has 0 spiro atoms. The van der Waals surface area contributed by atoms with Crippen molar-refractivity contribution in [3.63, 3.8) is 0 Å². The van der Waals surface area contributed by atoms with Crippen molar-refractivity contribution in [2.45, 2.75) is 6.42 Å². The molecule has 0 unspecified atom stereocenters. The Hall–Kier alpha value is -1.42. The molecule has 0 heterocycles. The van der Waals surface area contributed by atoms with Crippen molar-refractivity contribution in [2.75, 3.05) is 14.2 Å². The van der Waals surface area contributed by atoms with E-state index in [-0.39, 0.29) is 23.7 Å². The van der Waals surface area contributed by atoms with Crippen LogP contribution in [0.1, 0.15) is 5.56 Å². The summed E-state index contributed by atoms with van der Waals surface area (Å²) in [6.45, 7) is 0. The monoisotopic (exact) mass is 230 g/mol. The lowest BCUT2D eigenvalue weighted by molar-refractivity contribution is -0.107. The molecule has 0 bridgehead atoms. The number of hydrogen-bond donors (Lipinski definition) is 1. The molecule has 1 aromatic carbocycles. The summed E-state index contributed by atoms with van der Waals surface area (Å²) in [5.41, 5.74) is 0.410. The number of aromatic hydroxyl groups is 1. The number of benzene rings is 1. The quantitative estimate of drug-likeness (QED) is 0.802. The van der Waals surface area contributed by atoms with Crippen LogP contribution in [0.4, 0.5) is 0 Å². The summed E-state index contributed by atoms with van der Waals surface area (Å²) >= 11 is 5.89. The number of phenols is 1. The maximum atomic E-state index is 10.4. The van der Waals surface area contributed by atoms with Gasteiger partial charge in [0.2, 0.25) is 5.75 Å². The molecule has 5 heteroatoms. The topological polar surface area (TPSA) is 55.8 Å². The van der Waals surface area contributed by atoms with E-state index in [1.807, 2.05) is 0 Å². The average molecular weight is 231 g/mol. The summed E-state index contributed by atoms with van der Waals surface area (Å²) < 4.78 is 9.94. The second-order valence-corrected chi connectivity index (χ2v) is 3.21. The number of hydrogen-bond acceptors (Lipinski definition) is 4. The normalized spacial score (nSPS) is 9.80. The highest BCUT2D eigenvalue weighted by Crippen LogP contribution is 2.44. The van der Waals surface area contributed by atoms with Crippen LogP contribution in [-0.4, -0.2) is 25.6 Å². The van der Waals surface area contributed by atoms with Gasteiger partial charge in [0.15, 0.2) is 11.5 Å². The highest BCUT2D eigenvalue weighted by molar-refractivity contribution is 6.32. The summed E-state index contributed by atoms with van der Waals surface area (Å²) in [6.07, 6.45) is 0.753. The third-order valence-electron chi connectivity index (χ3n) is 1.95. The van der Waals surface area contributed by atoms with E-state index in [0.717, 1.165) is 0 Å². The van der Waals surface area contributed by atoms with Crippen molar-refractivity contribution in [3.8, 4) is 17.2 Å². The SMILES string of the molecule is COc1c(Cl)cc(CC=O)c(O)c1OC. The minimum Gasteiger partial charge on any atom is -0.504 e. The Balaban J connectivity index is 3.36. The molecule has 1 N–H and O–H groups in total. The zero-order valence-corrected chi connectivity index (χ0v) is 9.17. The van der Waals surface area contributed by atoms with Crippen LogP contribution < -0.4 is 9.47 Å². The number of aldehydes is 1. The highest BCUT2D eigenvalue weighted by atomic mass is 35.5. The van der Waals surface area contributed by atoms with Gasteiger partial charge in [-0.25, -0.2) is 0 Å². The van der Waals surface area contributed by atoms with Gasteiger partial charge in [0.1, 0.15) is 6.29 Å². The van der Waals surface area contributed by atoms with Crippen molar-refractivity contribution < 1.29 is 19.4 Å². The Morgan fingerprint density at radius 1 is 1.40 bits per heavy atom. The van der Waals surface area contributed by atoms with Gasteiger partial charge in [-0.2, -0.15) is 0 Å². The second kappa shape index (κ2) is 4.89. The second-order valence-electron chi connectivity index (χ2n) is 2.80. The van der Waals surface area contributed by atoms with Crippen LogP contribution in [0.25, 0.3) is 0 Å². The van der Waals surface area contributed by atoms with E-state index in [2.05, 4.69) is 0 Å². The molecule has 1 aromatic rings. The van der Waals surface area contributed by atoms with Gasteiger partial charge in [-0.1, -0.05) is 11.6 Å². The number of methoxy groups -OCH3 is 2. The van der Waals surface area contributed by atoms with E-state index in [1.54, 1.807) is 0 Å². The first-order valence-corrected chi connectivity index (χ1v) is 4.59. The molecule has 82 valence electrons. The highest BCUT2D eigenvalue weighted by Gasteiger charge is 2.17. The third-order valence-corrected chi connectivity index (χ3v) is 2.24. The predicted molar refractivity (Wildman–Crippen MR) is 56.0 cm³/mol. The van der Waals surface area contributed by atoms with Crippen molar-refractivity contribution in [3.05, 3.63) is 16.7 Å². The minimum atomic E-state index is -0.120. The molecular formula is C10H11ClO4. The molecule has 0 fully saturated rings. The fraction of sp³-hybridized carbons (Fsp3) is 0.300. The zero-order chi connectivity index (χ0) is 11.4. The average Bonchev–Trinajstić information content (AvgIpc) is 2.22. The Bertz CT molecular complexity index is 376. The summed E-state index contributed by atoms with van der Waals surface area (Å²) in [6, 6.07) is 1.48. The number of rotatable bonds is 4. The Morgan fingerprint density at radius 2 is 2.00 bits per heavy atom. The number of ether oxygens (including phenoxy) is 2. The van der Waals surface area contributed by atoms with Crippen molar-refractivity contribution >= 4 is 17.9 Å². The van der Waals surface area contributed by atoms with E-state index in [4.69, 9.17) is 21.1 Å². The summed E-state index contributed by atoms with van der Waals surface area (Å²) in [5.74, 6) is 0.277. The van der Waals surface area contributed by atoms with Gasteiger partial charge in [0.25, 0.3) is 0 Å². The van der Waals surface area contributed by atoms with Crippen LogP contribution in [0.2, 0.25) is 5.02 Å². The van der Waals surface area contributed by atoms with Crippen LogP contribution in [0.3, 0.4) is 0 Å². The lowest BCUT2D eigenvalue weighted by atomic mass is 10.1. The standard InChI is InChI=1S/C10H11ClO4/c1-14-9-7(11)5-6(3-4-12)8(13)10(9)15-2/h4-5,13H,3H2,1-2H3. The molecule has 0 saturated heterocycles. The predicted octanol–water partition coefficient (Wildman–Crippen LogP) is 1.80. The van der Waals surface area contributed by atoms with Gasteiger partial charge in [0.05, 0.1) is 19.2 Å². The van der Waals surface area contributed by atoms with Gasteiger partial charge in [-0.15, -0.1) is 0 Å². The molecule has 0 aliphatic rings. The van der Waals surface area contributed by atoms with Crippen LogP contribution in [0, 0.1) is 0 Å². The molecule has 0 saturated carbocycles. The largest absolute Gasteiger partial charge is 0.504 e. The van der Waals surface area contributed by atoms with Crippen LogP contribution in [0.5, 0.6) is 17.2 Å². The van der Waals surface area contributed by atoms with Gasteiger partial charge in [-0.3, -0.25) is 0 Å². The first-order chi connectivity index (χ1) is 7.15. The number of halogens is 1. The maximum Gasteiger partial charge on any atom is 0.204 e. The fourth-order valence-electron chi connectivity index (χ4n) is 1.27.